The van der Waals surface area contributed by atoms with Crippen LogP contribution in [0.5, 0.6) is 0 Å². The van der Waals surface area contributed by atoms with Gasteiger partial charge in [-0.3, -0.25) is 9.59 Å². The summed E-state index contributed by atoms with van der Waals surface area (Å²) in [5, 5.41) is 5.49. The summed E-state index contributed by atoms with van der Waals surface area (Å²) in [6.45, 7) is 11.6. The normalized spacial score (nSPS) is 23.4. The number of hydrogen-bond acceptors (Lipinski definition) is 4. The summed E-state index contributed by atoms with van der Waals surface area (Å²) in [5.74, 6) is -0.123. The number of nitrogens with two attached hydrogens (primary N) is 1. The molecule has 0 aliphatic carbocycles. The third kappa shape index (κ3) is 6.47. The molecule has 1 saturated heterocycles. The Bertz CT molecular complexity index is 404. The molecule has 2 unspecified atom stereocenters. The molecule has 0 bridgehead atoms. The Morgan fingerprint density at radius 2 is 1.91 bits per heavy atom. The lowest BCUT2D eigenvalue weighted by molar-refractivity contribution is -0.128. The van der Waals surface area contributed by atoms with Crippen LogP contribution in [0.3, 0.4) is 0 Å². The second kappa shape index (κ2) is 8.64. The maximum atomic E-state index is 11.9. The Morgan fingerprint density at radius 3 is 2.48 bits per heavy atom. The molecular weight excluding hydrogens is 294 g/mol. The molecule has 6 heteroatoms. The van der Waals surface area contributed by atoms with Gasteiger partial charge in [-0.25, -0.2) is 0 Å². The average Bonchev–Trinajstić information content (AvgIpc) is 2.49. The smallest absolute Gasteiger partial charge is 0.239 e. The first-order chi connectivity index (χ1) is 10.6. The minimum Gasteiger partial charge on any atom is -0.377 e. The third-order valence-electron chi connectivity index (χ3n) is 4.30. The molecule has 1 aliphatic rings. The molecular formula is C17H33N3O3. The highest BCUT2D eigenvalue weighted by Gasteiger charge is 2.35. The van der Waals surface area contributed by atoms with Gasteiger partial charge in [0.05, 0.1) is 18.7 Å². The van der Waals surface area contributed by atoms with Crippen LogP contribution < -0.4 is 16.4 Å². The SMILES string of the molecule is CC(C)[C@H](N)C(=O)NCC(=O)NCC1CCCOC1C(C)(C)C. The zero-order valence-corrected chi connectivity index (χ0v) is 15.1. The van der Waals surface area contributed by atoms with Gasteiger partial charge in [0.25, 0.3) is 0 Å². The van der Waals surface area contributed by atoms with Crippen LogP contribution in [0.2, 0.25) is 0 Å². The van der Waals surface area contributed by atoms with E-state index in [2.05, 4.69) is 31.4 Å². The number of amides is 2. The molecule has 0 aromatic heterocycles. The molecule has 23 heavy (non-hydrogen) atoms. The van der Waals surface area contributed by atoms with Gasteiger partial charge in [-0.15, -0.1) is 0 Å². The van der Waals surface area contributed by atoms with Crippen molar-refractivity contribution >= 4 is 11.8 Å². The van der Waals surface area contributed by atoms with Crippen molar-refractivity contribution in [1.29, 1.82) is 0 Å². The lowest BCUT2D eigenvalue weighted by Gasteiger charge is -2.40. The number of hydrogen-bond donors (Lipinski definition) is 3. The fourth-order valence-electron chi connectivity index (χ4n) is 2.90. The molecule has 0 spiro atoms. The number of nitrogens with one attached hydrogen (secondary N) is 2. The van der Waals surface area contributed by atoms with E-state index < -0.39 is 6.04 Å². The van der Waals surface area contributed by atoms with Gasteiger partial charge < -0.3 is 21.1 Å². The van der Waals surface area contributed by atoms with Crippen molar-refractivity contribution in [1.82, 2.24) is 10.6 Å². The van der Waals surface area contributed by atoms with Gasteiger partial charge in [-0.1, -0.05) is 34.6 Å². The lowest BCUT2D eigenvalue weighted by Crippen LogP contribution is -2.49. The fourth-order valence-corrected chi connectivity index (χ4v) is 2.90. The van der Waals surface area contributed by atoms with Crippen LogP contribution in [0.25, 0.3) is 0 Å². The third-order valence-corrected chi connectivity index (χ3v) is 4.30. The molecule has 134 valence electrons. The van der Waals surface area contributed by atoms with Crippen molar-refractivity contribution in [2.75, 3.05) is 19.7 Å². The lowest BCUT2D eigenvalue weighted by atomic mass is 9.78. The van der Waals surface area contributed by atoms with Crippen LogP contribution in [0.15, 0.2) is 0 Å². The summed E-state index contributed by atoms with van der Waals surface area (Å²) in [6.07, 6.45) is 2.21. The summed E-state index contributed by atoms with van der Waals surface area (Å²) in [7, 11) is 0. The monoisotopic (exact) mass is 327 g/mol. The van der Waals surface area contributed by atoms with Crippen molar-refractivity contribution in [3.05, 3.63) is 0 Å². The number of carbonyl (C=O) groups is 2. The van der Waals surface area contributed by atoms with Crippen molar-refractivity contribution < 1.29 is 14.3 Å². The van der Waals surface area contributed by atoms with E-state index in [-0.39, 0.29) is 35.8 Å². The van der Waals surface area contributed by atoms with Crippen LogP contribution in [0.4, 0.5) is 0 Å². The maximum absolute atomic E-state index is 11.9. The Morgan fingerprint density at radius 1 is 1.26 bits per heavy atom. The van der Waals surface area contributed by atoms with Crippen LogP contribution >= 0.6 is 0 Å². The number of carbonyl (C=O) groups excluding carboxylic acids is 2. The highest BCUT2D eigenvalue weighted by molar-refractivity contribution is 5.87. The molecule has 1 fully saturated rings. The second-order valence-corrected chi connectivity index (χ2v) is 7.85. The van der Waals surface area contributed by atoms with E-state index in [9.17, 15) is 9.59 Å². The maximum Gasteiger partial charge on any atom is 0.239 e. The first-order valence-electron chi connectivity index (χ1n) is 8.54. The van der Waals surface area contributed by atoms with Crippen LogP contribution in [-0.2, 0) is 14.3 Å². The van der Waals surface area contributed by atoms with Gasteiger partial charge in [0.1, 0.15) is 0 Å². The van der Waals surface area contributed by atoms with Gasteiger partial charge >= 0.3 is 0 Å². The molecule has 1 aliphatic heterocycles. The van der Waals surface area contributed by atoms with Gasteiger partial charge in [-0.05, 0) is 24.2 Å². The Balaban J connectivity index is 2.38. The largest absolute Gasteiger partial charge is 0.377 e. The summed E-state index contributed by atoms with van der Waals surface area (Å²) < 4.78 is 5.91. The molecule has 0 radical (unpaired) electrons. The van der Waals surface area contributed by atoms with Crippen molar-refractivity contribution in [3.63, 3.8) is 0 Å². The molecule has 3 atom stereocenters. The van der Waals surface area contributed by atoms with E-state index in [1.807, 2.05) is 13.8 Å². The quantitative estimate of drug-likeness (QED) is 0.679. The molecule has 0 aromatic rings. The van der Waals surface area contributed by atoms with Crippen molar-refractivity contribution in [3.8, 4) is 0 Å². The molecule has 4 N–H and O–H groups in total. The highest BCUT2D eigenvalue weighted by Crippen LogP contribution is 2.33. The van der Waals surface area contributed by atoms with E-state index in [0.29, 0.717) is 12.5 Å². The second-order valence-electron chi connectivity index (χ2n) is 7.85. The number of ether oxygens (including phenoxy) is 1. The van der Waals surface area contributed by atoms with Crippen molar-refractivity contribution in [2.24, 2.45) is 23.0 Å². The standard InChI is InChI=1S/C17H33N3O3/c1-11(2)14(18)16(22)20-10-13(21)19-9-12-7-6-8-23-15(12)17(3,4)5/h11-12,14-15H,6-10,18H2,1-5H3,(H,19,21)(H,20,22)/t12?,14-,15?/m0/s1. The summed E-state index contributed by atoms with van der Waals surface area (Å²) in [4.78, 5) is 23.7. The van der Waals surface area contributed by atoms with Gasteiger partial charge in [0.15, 0.2) is 0 Å². The Hall–Kier alpha value is -1.14. The predicted molar refractivity (Wildman–Crippen MR) is 90.8 cm³/mol. The topological polar surface area (TPSA) is 93.5 Å². The minimum atomic E-state index is -0.584. The summed E-state index contributed by atoms with van der Waals surface area (Å²) in [5.41, 5.74) is 5.79. The van der Waals surface area contributed by atoms with Gasteiger partial charge in [0, 0.05) is 19.1 Å². The van der Waals surface area contributed by atoms with Gasteiger partial charge in [-0.2, -0.15) is 0 Å². The molecule has 6 nitrogen and oxygen atoms in total. The number of rotatable bonds is 6. The Kier molecular flexibility index (Phi) is 7.48. The summed E-state index contributed by atoms with van der Waals surface area (Å²) in [6, 6.07) is -0.584. The highest BCUT2D eigenvalue weighted by atomic mass is 16.5. The van der Waals surface area contributed by atoms with Crippen LogP contribution in [-0.4, -0.2) is 43.7 Å². The fraction of sp³-hybridized carbons (Fsp3) is 0.882. The Labute approximate surface area is 139 Å². The first kappa shape index (κ1) is 19.9. The zero-order valence-electron chi connectivity index (χ0n) is 15.1. The minimum absolute atomic E-state index is 0.0347. The summed E-state index contributed by atoms with van der Waals surface area (Å²) >= 11 is 0. The van der Waals surface area contributed by atoms with Crippen molar-refractivity contribution in [2.45, 2.75) is 59.6 Å². The first-order valence-corrected chi connectivity index (χ1v) is 8.54. The van der Waals surface area contributed by atoms with Crippen LogP contribution in [0, 0.1) is 17.3 Å². The zero-order chi connectivity index (χ0) is 17.6. The van der Waals surface area contributed by atoms with E-state index in [1.54, 1.807) is 0 Å². The molecule has 1 heterocycles. The molecule has 0 aromatic carbocycles. The molecule has 2 amide bonds. The molecule has 0 saturated carbocycles. The van der Waals surface area contributed by atoms with Crippen LogP contribution in [0.1, 0.15) is 47.5 Å². The molecule has 1 rings (SSSR count). The van der Waals surface area contributed by atoms with E-state index >= 15 is 0 Å². The van der Waals surface area contributed by atoms with Gasteiger partial charge in [0.2, 0.25) is 11.8 Å². The predicted octanol–water partition coefficient (Wildman–Crippen LogP) is 1.04. The van der Waals surface area contributed by atoms with E-state index in [1.165, 1.54) is 0 Å². The van der Waals surface area contributed by atoms with E-state index in [4.69, 9.17) is 10.5 Å². The van der Waals surface area contributed by atoms with E-state index in [0.717, 1.165) is 19.4 Å². The average molecular weight is 327 g/mol.